The highest BCUT2D eigenvalue weighted by Gasteiger charge is 2.59. The highest BCUT2D eigenvalue weighted by Crippen LogP contribution is 2.62. The summed E-state index contributed by atoms with van der Waals surface area (Å²) >= 11 is 0. The Kier molecular flexibility index (Phi) is 3.86. The summed E-state index contributed by atoms with van der Waals surface area (Å²) in [5.41, 5.74) is 3.22. The van der Waals surface area contributed by atoms with E-state index in [0.717, 1.165) is 19.5 Å². The van der Waals surface area contributed by atoms with Crippen LogP contribution in [0.25, 0.3) is 0 Å². The summed E-state index contributed by atoms with van der Waals surface area (Å²) in [5, 5.41) is 9.06. The topological polar surface area (TPSA) is 27.0 Å². The van der Waals surface area contributed by atoms with E-state index < -0.39 is 0 Å². The molecule has 1 aliphatic carbocycles. The van der Waals surface area contributed by atoms with Crippen molar-refractivity contribution in [2.24, 2.45) is 0 Å². The molecule has 1 aliphatic heterocycles. The molecule has 2 aliphatic rings. The van der Waals surface area contributed by atoms with Crippen LogP contribution >= 0.6 is 0 Å². The summed E-state index contributed by atoms with van der Waals surface area (Å²) in [6.45, 7) is 2.25. The highest BCUT2D eigenvalue weighted by atomic mass is 19.1. The Labute approximate surface area is 142 Å². The van der Waals surface area contributed by atoms with Crippen molar-refractivity contribution < 1.29 is 4.39 Å². The molecule has 1 saturated heterocycles. The van der Waals surface area contributed by atoms with Crippen LogP contribution in [0.2, 0.25) is 0 Å². The molecule has 2 nitrogen and oxygen atoms in total. The Morgan fingerprint density at radius 3 is 2.25 bits per heavy atom. The first-order valence-corrected chi connectivity index (χ1v) is 8.75. The van der Waals surface area contributed by atoms with Gasteiger partial charge in [-0.3, -0.25) is 4.90 Å². The van der Waals surface area contributed by atoms with E-state index in [9.17, 15) is 4.39 Å². The van der Waals surface area contributed by atoms with E-state index in [2.05, 4.69) is 23.1 Å². The number of nitriles is 1. The molecule has 2 atom stereocenters. The van der Waals surface area contributed by atoms with Crippen LogP contribution in [0.5, 0.6) is 0 Å². The Bertz CT molecular complexity index is 754. The maximum atomic E-state index is 13.3. The fraction of sp³-hybridized carbons (Fsp3) is 0.381. The monoisotopic (exact) mass is 320 g/mol. The van der Waals surface area contributed by atoms with Crippen molar-refractivity contribution in [1.29, 1.82) is 5.26 Å². The molecule has 2 aromatic rings. The number of likely N-dealkylation sites (tertiary alicyclic amines) is 1. The fourth-order valence-electron chi connectivity index (χ4n) is 4.32. The maximum absolute atomic E-state index is 13.3. The van der Waals surface area contributed by atoms with Gasteiger partial charge in [-0.25, -0.2) is 4.39 Å². The molecule has 1 saturated carbocycles. The molecule has 0 amide bonds. The van der Waals surface area contributed by atoms with Crippen molar-refractivity contribution in [2.75, 3.05) is 13.1 Å². The normalized spacial score (nSPS) is 26.8. The number of benzene rings is 2. The van der Waals surface area contributed by atoms with Crippen LogP contribution in [-0.2, 0) is 5.54 Å². The predicted octanol–water partition coefficient (Wildman–Crippen LogP) is 4.57. The molecule has 0 N–H and O–H groups in total. The van der Waals surface area contributed by atoms with E-state index in [1.807, 2.05) is 24.3 Å². The highest BCUT2D eigenvalue weighted by molar-refractivity contribution is 5.45. The fourth-order valence-corrected chi connectivity index (χ4v) is 4.32. The SMILES string of the molecule is N#Cc1ccc([C@@]2(N3CCCCC3)C[C@@H]2c2ccc(F)cc2)cc1. The third-order valence-corrected chi connectivity index (χ3v) is 5.64. The third kappa shape index (κ3) is 2.52. The van der Waals surface area contributed by atoms with Gasteiger partial charge in [0.2, 0.25) is 0 Å². The molecular weight excluding hydrogens is 299 g/mol. The Morgan fingerprint density at radius 2 is 1.62 bits per heavy atom. The van der Waals surface area contributed by atoms with Gasteiger partial charge in [0.05, 0.1) is 17.2 Å². The lowest BCUT2D eigenvalue weighted by molar-refractivity contribution is 0.140. The zero-order valence-electron chi connectivity index (χ0n) is 13.7. The molecule has 1 heterocycles. The van der Waals surface area contributed by atoms with Gasteiger partial charge in [0.25, 0.3) is 0 Å². The summed E-state index contributed by atoms with van der Waals surface area (Å²) in [7, 11) is 0. The second-order valence-electron chi connectivity index (χ2n) is 6.97. The molecule has 0 unspecified atom stereocenters. The van der Waals surface area contributed by atoms with Gasteiger partial charge >= 0.3 is 0 Å². The second-order valence-corrected chi connectivity index (χ2v) is 6.97. The zero-order chi connectivity index (χ0) is 16.6. The zero-order valence-corrected chi connectivity index (χ0v) is 13.7. The van der Waals surface area contributed by atoms with Crippen LogP contribution in [-0.4, -0.2) is 18.0 Å². The maximum Gasteiger partial charge on any atom is 0.123 e. The van der Waals surface area contributed by atoms with E-state index in [1.165, 1.54) is 30.4 Å². The van der Waals surface area contributed by atoms with E-state index >= 15 is 0 Å². The summed E-state index contributed by atoms with van der Waals surface area (Å²) in [4.78, 5) is 2.62. The van der Waals surface area contributed by atoms with Crippen LogP contribution < -0.4 is 0 Å². The van der Waals surface area contributed by atoms with Gasteiger partial charge in [0, 0.05) is 5.92 Å². The van der Waals surface area contributed by atoms with E-state index in [0.29, 0.717) is 11.5 Å². The lowest BCUT2D eigenvalue weighted by atomic mass is 9.94. The lowest BCUT2D eigenvalue weighted by Crippen LogP contribution is -2.40. The molecule has 2 aromatic carbocycles. The first-order chi connectivity index (χ1) is 11.7. The van der Waals surface area contributed by atoms with Crippen molar-refractivity contribution in [3.05, 3.63) is 71.0 Å². The summed E-state index contributed by atoms with van der Waals surface area (Å²) < 4.78 is 13.3. The summed E-state index contributed by atoms with van der Waals surface area (Å²) in [5.74, 6) is 0.227. The van der Waals surface area contributed by atoms with Gasteiger partial charge < -0.3 is 0 Å². The smallest absolute Gasteiger partial charge is 0.123 e. The van der Waals surface area contributed by atoms with Gasteiger partial charge in [0.1, 0.15) is 5.82 Å². The number of hydrogen-bond donors (Lipinski definition) is 0. The Hall–Kier alpha value is -2.18. The molecule has 24 heavy (non-hydrogen) atoms. The van der Waals surface area contributed by atoms with Crippen molar-refractivity contribution in [3.63, 3.8) is 0 Å². The molecule has 4 rings (SSSR count). The van der Waals surface area contributed by atoms with Crippen LogP contribution in [0.3, 0.4) is 0 Å². The van der Waals surface area contributed by atoms with Gasteiger partial charge in [0.15, 0.2) is 0 Å². The van der Waals surface area contributed by atoms with Crippen LogP contribution in [0.15, 0.2) is 48.5 Å². The molecule has 0 aromatic heterocycles. The average molecular weight is 320 g/mol. The largest absolute Gasteiger partial charge is 0.293 e. The standard InChI is InChI=1S/C21H21FN2/c22-19-10-6-17(7-11-19)20-14-21(20,24-12-2-1-3-13-24)18-8-4-16(15-23)5-9-18/h4-11,20H,1-3,12-14H2/t20-,21+/m1/s1. The van der Waals surface area contributed by atoms with E-state index in [4.69, 9.17) is 5.26 Å². The summed E-state index contributed by atoms with van der Waals surface area (Å²) in [6.07, 6.45) is 4.87. The summed E-state index contributed by atoms with van der Waals surface area (Å²) in [6, 6.07) is 17.2. The lowest BCUT2D eigenvalue weighted by Gasteiger charge is -2.36. The van der Waals surface area contributed by atoms with Crippen molar-refractivity contribution in [1.82, 2.24) is 4.90 Å². The van der Waals surface area contributed by atoms with Gasteiger partial charge in [-0.2, -0.15) is 5.26 Å². The minimum Gasteiger partial charge on any atom is -0.293 e. The molecule has 2 fully saturated rings. The molecule has 122 valence electrons. The minimum atomic E-state index is -0.179. The van der Waals surface area contributed by atoms with E-state index in [-0.39, 0.29) is 11.4 Å². The number of nitrogens with zero attached hydrogens (tertiary/aromatic N) is 2. The first kappa shape index (κ1) is 15.4. The number of piperidine rings is 1. The quantitative estimate of drug-likeness (QED) is 0.828. The van der Waals surface area contributed by atoms with Gasteiger partial charge in [-0.1, -0.05) is 30.7 Å². The second kappa shape index (κ2) is 6.03. The van der Waals surface area contributed by atoms with Crippen LogP contribution in [0.1, 0.15) is 48.3 Å². The average Bonchev–Trinajstić information content (AvgIpc) is 3.40. The van der Waals surface area contributed by atoms with Gasteiger partial charge in [-0.05, 0) is 67.7 Å². The Balaban J connectivity index is 1.71. The van der Waals surface area contributed by atoms with E-state index in [1.54, 1.807) is 12.1 Å². The van der Waals surface area contributed by atoms with Crippen LogP contribution in [0.4, 0.5) is 4.39 Å². The molecule has 3 heteroatoms. The minimum absolute atomic E-state index is 0.0201. The number of halogens is 1. The van der Waals surface area contributed by atoms with Crippen molar-refractivity contribution >= 4 is 0 Å². The molecule has 0 spiro atoms. The third-order valence-electron chi connectivity index (χ3n) is 5.64. The molecular formula is C21H21FN2. The predicted molar refractivity (Wildman–Crippen MR) is 92.0 cm³/mol. The van der Waals surface area contributed by atoms with Gasteiger partial charge in [-0.15, -0.1) is 0 Å². The van der Waals surface area contributed by atoms with Crippen LogP contribution in [0, 0.1) is 17.1 Å². The first-order valence-electron chi connectivity index (χ1n) is 8.75. The Morgan fingerprint density at radius 1 is 0.958 bits per heavy atom. The number of rotatable bonds is 3. The molecule has 0 radical (unpaired) electrons. The number of hydrogen-bond acceptors (Lipinski definition) is 2. The van der Waals surface area contributed by atoms with Crippen molar-refractivity contribution in [2.45, 2.75) is 37.1 Å². The molecule has 0 bridgehead atoms. The van der Waals surface area contributed by atoms with Crippen molar-refractivity contribution in [3.8, 4) is 6.07 Å².